The lowest BCUT2D eigenvalue weighted by atomic mass is 10.3. The largest absolute Gasteiger partial charge is 0.452 e. The summed E-state index contributed by atoms with van der Waals surface area (Å²) >= 11 is 9.06. The fraction of sp³-hybridized carbons (Fsp3) is 0.125. The van der Waals surface area contributed by atoms with Crippen LogP contribution >= 0.6 is 27.5 Å². The average Bonchev–Trinajstić information content (AvgIpc) is 2.97. The molecule has 0 aliphatic heterocycles. The number of benzene rings is 1. The molecular weight excluding hydrogens is 450 g/mol. The van der Waals surface area contributed by atoms with E-state index in [1.165, 1.54) is 24.3 Å². The molecule has 0 aliphatic carbocycles. The minimum Gasteiger partial charge on any atom is -0.452 e. The van der Waals surface area contributed by atoms with Gasteiger partial charge in [0.1, 0.15) is 5.76 Å². The lowest BCUT2D eigenvalue weighted by molar-refractivity contribution is -0.142. The molecule has 0 atom stereocenters. The van der Waals surface area contributed by atoms with Gasteiger partial charge in [0.15, 0.2) is 21.1 Å². The van der Waals surface area contributed by atoms with Gasteiger partial charge < -0.3 is 14.5 Å². The van der Waals surface area contributed by atoms with Crippen molar-refractivity contribution < 1.29 is 27.2 Å². The number of nitrogens with one attached hydrogen (secondary N) is 1. The normalized spacial score (nSPS) is 11.5. The maximum atomic E-state index is 11.9. The average molecular weight is 463 g/mol. The summed E-state index contributed by atoms with van der Waals surface area (Å²) in [6.45, 7) is -0.565. The lowest BCUT2D eigenvalue weighted by Crippen LogP contribution is -2.20. The number of carbonyl (C=O) groups excluding carboxylic acids is 2. The van der Waals surface area contributed by atoms with E-state index in [4.69, 9.17) is 20.8 Å². The van der Waals surface area contributed by atoms with Gasteiger partial charge in [0, 0.05) is 12.3 Å². The smallest absolute Gasteiger partial charge is 0.331 e. The fourth-order valence-electron chi connectivity index (χ4n) is 1.77. The van der Waals surface area contributed by atoms with Crippen LogP contribution in [0.15, 0.2) is 50.4 Å². The number of sulfone groups is 1. The molecule has 0 fully saturated rings. The van der Waals surface area contributed by atoms with Gasteiger partial charge in [0.2, 0.25) is 0 Å². The second-order valence-electron chi connectivity index (χ2n) is 5.04. The number of esters is 1. The van der Waals surface area contributed by atoms with Crippen LogP contribution in [0, 0.1) is 0 Å². The molecule has 0 saturated carbocycles. The quantitative estimate of drug-likeness (QED) is 0.522. The molecule has 26 heavy (non-hydrogen) atoms. The zero-order chi connectivity index (χ0) is 19.3. The van der Waals surface area contributed by atoms with Crippen molar-refractivity contribution in [2.75, 3.05) is 18.2 Å². The Labute approximate surface area is 163 Å². The molecule has 1 aromatic heterocycles. The van der Waals surface area contributed by atoms with Crippen LogP contribution < -0.4 is 5.32 Å². The standard InChI is InChI=1S/C16H13BrClNO6S/c1-26(22,23)11-4-5-12(18)13(8-11)19-15(20)9-24-16(21)7-3-10-2-6-14(17)25-10/h2-8H,9H2,1H3,(H,19,20). The van der Waals surface area contributed by atoms with Crippen molar-refractivity contribution in [2.45, 2.75) is 4.90 Å². The van der Waals surface area contributed by atoms with Crippen molar-refractivity contribution in [3.8, 4) is 0 Å². The van der Waals surface area contributed by atoms with Gasteiger partial charge in [0.05, 0.1) is 15.6 Å². The first kappa shape index (κ1) is 20.2. The van der Waals surface area contributed by atoms with Crippen molar-refractivity contribution in [1.29, 1.82) is 0 Å². The Kier molecular flexibility index (Phi) is 6.63. The van der Waals surface area contributed by atoms with Gasteiger partial charge in [-0.1, -0.05) is 11.6 Å². The molecule has 138 valence electrons. The molecule has 10 heteroatoms. The third-order valence-electron chi connectivity index (χ3n) is 2.96. The molecule has 1 N–H and O–H groups in total. The Morgan fingerprint density at radius 3 is 2.65 bits per heavy atom. The number of anilines is 1. The highest BCUT2D eigenvalue weighted by Crippen LogP contribution is 2.25. The summed E-state index contributed by atoms with van der Waals surface area (Å²) in [5.74, 6) is -0.980. The van der Waals surface area contributed by atoms with Gasteiger partial charge in [0.25, 0.3) is 5.91 Å². The summed E-state index contributed by atoms with van der Waals surface area (Å²) < 4.78 is 33.6. The van der Waals surface area contributed by atoms with E-state index in [2.05, 4.69) is 21.2 Å². The topological polar surface area (TPSA) is 103 Å². The Morgan fingerprint density at radius 2 is 2.04 bits per heavy atom. The first-order valence-electron chi connectivity index (χ1n) is 7.05. The Morgan fingerprint density at radius 1 is 1.31 bits per heavy atom. The highest BCUT2D eigenvalue weighted by molar-refractivity contribution is 9.10. The van der Waals surface area contributed by atoms with Crippen molar-refractivity contribution in [2.24, 2.45) is 0 Å². The number of rotatable bonds is 6. The van der Waals surface area contributed by atoms with Crippen LogP contribution in [-0.2, 0) is 24.2 Å². The lowest BCUT2D eigenvalue weighted by Gasteiger charge is -2.09. The zero-order valence-corrected chi connectivity index (χ0v) is 16.5. The minimum atomic E-state index is -3.45. The number of amides is 1. The fourth-order valence-corrected chi connectivity index (χ4v) is 2.90. The predicted molar refractivity (Wildman–Crippen MR) is 99.6 cm³/mol. The SMILES string of the molecule is CS(=O)(=O)c1ccc(Cl)c(NC(=O)COC(=O)C=Cc2ccc(Br)o2)c1. The van der Waals surface area contributed by atoms with E-state index >= 15 is 0 Å². The van der Waals surface area contributed by atoms with E-state index < -0.39 is 28.3 Å². The molecule has 0 radical (unpaired) electrons. The second kappa shape index (κ2) is 8.52. The van der Waals surface area contributed by atoms with Gasteiger partial charge in [-0.2, -0.15) is 0 Å². The van der Waals surface area contributed by atoms with E-state index in [1.54, 1.807) is 12.1 Å². The molecule has 0 spiro atoms. The van der Waals surface area contributed by atoms with Crippen LogP contribution in [0.2, 0.25) is 5.02 Å². The highest BCUT2D eigenvalue weighted by Gasteiger charge is 2.13. The van der Waals surface area contributed by atoms with Gasteiger partial charge in [-0.05, 0) is 52.3 Å². The van der Waals surface area contributed by atoms with Crippen molar-refractivity contribution in [3.05, 3.63) is 51.9 Å². The summed E-state index contributed by atoms with van der Waals surface area (Å²) in [5, 5.41) is 2.55. The van der Waals surface area contributed by atoms with E-state index in [9.17, 15) is 18.0 Å². The van der Waals surface area contributed by atoms with E-state index in [1.807, 2.05) is 0 Å². The molecule has 2 rings (SSSR count). The summed E-state index contributed by atoms with van der Waals surface area (Å²) in [4.78, 5) is 23.4. The summed E-state index contributed by atoms with van der Waals surface area (Å²) in [6, 6.07) is 7.20. The van der Waals surface area contributed by atoms with Crippen LogP contribution in [0.4, 0.5) is 5.69 Å². The third-order valence-corrected chi connectivity index (χ3v) is 4.83. The van der Waals surface area contributed by atoms with Gasteiger partial charge in [-0.3, -0.25) is 4.79 Å². The van der Waals surface area contributed by atoms with Crippen molar-refractivity contribution in [1.82, 2.24) is 0 Å². The molecule has 0 saturated heterocycles. The number of hydrogen-bond acceptors (Lipinski definition) is 6. The number of carbonyl (C=O) groups is 2. The first-order chi connectivity index (χ1) is 12.1. The number of ether oxygens (including phenoxy) is 1. The molecule has 1 amide bonds. The third kappa shape index (κ3) is 6.01. The monoisotopic (exact) mass is 461 g/mol. The Bertz CT molecular complexity index is 967. The van der Waals surface area contributed by atoms with Crippen molar-refractivity contribution >= 4 is 61.0 Å². The molecule has 0 aliphatic rings. The number of furan rings is 1. The van der Waals surface area contributed by atoms with Crippen LogP contribution in [0.25, 0.3) is 6.08 Å². The summed E-state index contributed by atoms with van der Waals surface area (Å²) in [6.07, 6.45) is 3.53. The second-order valence-corrected chi connectivity index (χ2v) is 8.25. The first-order valence-corrected chi connectivity index (χ1v) is 10.1. The maximum Gasteiger partial charge on any atom is 0.331 e. The highest BCUT2D eigenvalue weighted by atomic mass is 79.9. The maximum absolute atomic E-state index is 11.9. The molecule has 2 aromatic rings. The Balaban J connectivity index is 1.92. The molecular formula is C16H13BrClNO6S. The molecule has 0 unspecified atom stereocenters. The number of halogens is 2. The van der Waals surface area contributed by atoms with Gasteiger partial charge >= 0.3 is 5.97 Å². The van der Waals surface area contributed by atoms with Crippen LogP contribution in [-0.4, -0.2) is 33.2 Å². The Hall–Kier alpha value is -2.10. The number of hydrogen-bond donors (Lipinski definition) is 1. The van der Waals surface area contributed by atoms with E-state index in [0.717, 1.165) is 12.3 Å². The van der Waals surface area contributed by atoms with E-state index in [0.29, 0.717) is 10.4 Å². The zero-order valence-electron chi connectivity index (χ0n) is 13.4. The van der Waals surface area contributed by atoms with Crippen LogP contribution in [0.3, 0.4) is 0 Å². The minimum absolute atomic E-state index is 0.00161. The van der Waals surface area contributed by atoms with Crippen molar-refractivity contribution in [3.63, 3.8) is 0 Å². The molecule has 7 nitrogen and oxygen atoms in total. The molecule has 0 bridgehead atoms. The van der Waals surface area contributed by atoms with E-state index in [-0.39, 0.29) is 15.6 Å². The van der Waals surface area contributed by atoms with Gasteiger partial charge in [-0.15, -0.1) is 0 Å². The summed E-state index contributed by atoms with van der Waals surface area (Å²) in [5.41, 5.74) is 0.103. The molecule has 1 aromatic carbocycles. The van der Waals surface area contributed by atoms with Crippen LogP contribution in [0.1, 0.15) is 5.76 Å². The predicted octanol–water partition coefficient (Wildman–Crippen LogP) is 3.29. The van der Waals surface area contributed by atoms with Gasteiger partial charge in [-0.25, -0.2) is 13.2 Å². The van der Waals surface area contributed by atoms with Crippen LogP contribution in [0.5, 0.6) is 0 Å². The molecule has 1 heterocycles. The summed E-state index contributed by atoms with van der Waals surface area (Å²) in [7, 11) is -3.45.